The van der Waals surface area contributed by atoms with Gasteiger partial charge in [0.15, 0.2) is 6.04 Å². The van der Waals surface area contributed by atoms with Crippen molar-refractivity contribution in [1.29, 1.82) is 0 Å². The number of carbonyl (C=O) groups is 2. The lowest BCUT2D eigenvalue weighted by Gasteiger charge is -2.32. The smallest absolute Gasteiger partial charge is 0.413 e. The van der Waals surface area contributed by atoms with Gasteiger partial charge in [-0.25, -0.2) is 4.79 Å². The zero-order chi connectivity index (χ0) is 18.1. The van der Waals surface area contributed by atoms with E-state index >= 15 is 0 Å². The number of nitrogens with zero attached hydrogens (tertiary/aromatic N) is 2. The van der Waals surface area contributed by atoms with Crippen LogP contribution in [0.1, 0.15) is 18.0 Å². The molecule has 0 bridgehead atoms. The van der Waals surface area contributed by atoms with Gasteiger partial charge in [0, 0.05) is 24.6 Å². The van der Waals surface area contributed by atoms with Gasteiger partial charge in [-0.2, -0.15) is 13.2 Å². The van der Waals surface area contributed by atoms with E-state index in [1.54, 1.807) is 0 Å². The van der Waals surface area contributed by atoms with Crippen molar-refractivity contribution in [3.8, 4) is 0 Å². The lowest BCUT2D eigenvalue weighted by Crippen LogP contribution is -2.43. The molecule has 1 aromatic carbocycles. The van der Waals surface area contributed by atoms with Crippen molar-refractivity contribution in [2.45, 2.75) is 18.6 Å². The molecule has 0 radical (unpaired) electrons. The zero-order valence-electron chi connectivity index (χ0n) is 12.8. The maximum Gasteiger partial charge on any atom is 0.413 e. The second-order valence-electron chi connectivity index (χ2n) is 5.66. The van der Waals surface area contributed by atoms with Gasteiger partial charge < -0.3 is 14.9 Å². The van der Waals surface area contributed by atoms with Gasteiger partial charge in [0.1, 0.15) is 0 Å². The first-order valence-electron chi connectivity index (χ1n) is 7.18. The highest BCUT2D eigenvalue weighted by Gasteiger charge is 2.47. The van der Waals surface area contributed by atoms with Crippen molar-refractivity contribution in [3.63, 3.8) is 0 Å². The average molecular weight is 409 g/mol. The molecule has 1 heterocycles. The molecule has 1 aliphatic heterocycles. The van der Waals surface area contributed by atoms with Gasteiger partial charge in [0.25, 0.3) is 0 Å². The quantitative estimate of drug-likeness (QED) is 0.832. The summed E-state index contributed by atoms with van der Waals surface area (Å²) in [6, 6.07) is 3.51. The maximum atomic E-state index is 13.5. The first-order chi connectivity index (χ1) is 11.1. The number of carboxylic acid groups (broad SMARTS) is 1. The zero-order valence-corrected chi connectivity index (χ0v) is 14.3. The monoisotopic (exact) mass is 408 g/mol. The molecule has 9 heteroatoms. The molecule has 1 aromatic rings. The number of carbonyl (C=O) groups excluding carboxylic acids is 1. The third kappa shape index (κ3) is 4.00. The Bertz CT molecular complexity index is 621. The fourth-order valence-electron chi connectivity index (χ4n) is 2.83. The van der Waals surface area contributed by atoms with Gasteiger partial charge in [0.05, 0.1) is 5.92 Å². The summed E-state index contributed by atoms with van der Waals surface area (Å²) in [5, 5.41) is 8.91. The molecular formula is C15H16BrF3N2O3. The summed E-state index contributed by atoms with van der Waals surface area (Å²) in [6.07, 6.45) is -5.59. The molecule has 0 aliphatic carbocycles. The molecule has 2 rings (SSSR count). The minimum Gasteiger partial charge on any atom is -0.465 e. The van der Waals surface area contributed by atoms with Crippen LogP contribution in [0.15, 0.2) is 28.7 Å². The number of hydrogen-bond donors (Lipinski definition) is 1. The largest absolute Gasteiger partial charge is 0.465 e. The molecule has 5 nitrogen and oxygen atoms in total. The molecule has 1 saturated heterocycles. The van der Waals surface area contributed by atoms with Crippen LogP contribution < -0.4 is 0 Å². The van der Waals surface area contributed by atoms with Crippen LogP contribution in [-0.4, -0.2) is 53.2 Å². The van der Waals surface area contributed by atoms with E-state index in [1.807, 2.05) is 0 Å². The molecule has 2 amide bonds. The van der Waals surface area contributed by atoms with Crippen LogP contribution in [0.5, 0.6) is 0 Å². The van der Waals surface area contributed by atoms with Crippen LogP contribution in [0, 0.1) is 5.92 Å². The topological polar surface area (TPSA) is 60.9 Å². The Morgan fingerprint density at radius 2 is 1.92 bits per heavy atom. The van der Waals surface area contributed by atoms with Crippen molar-refractivity contribution in [2.24, 2.45) is 5.92 Å². The van der Waals surface area contributed by atoms with Crippen LogP contribution in [0.3, 0.4) is 0 Å². The second-order valence-corrected chi connectivity index (χ2v) is 6.57. The summed E-state index contributed by atoms with van der Waals surface area (Å²) in [6.45, 7) is 0.0674. The highest BCUT2D eigenvalue weighted by Crippen LogP contribution is 2.38. The molecule has 1 N–H and O–H groups in total. The molecule has 0 aromatic heterocycles. The number of amides is 2. The Morgan fingerprint density at radius 1 is 1.33 bits per heavy atom. The van der Waals surface area contributed by atoms with Crippen molar-refractivity contribution in [2.75, 3.05) is 20.1 Å². The van der Waals surface area contributed by atoms with Crippen molar-refractivity contribution in [3.05, 3.63) is 34.3 Å². The maximum absolute atomic E-state index is 13.5. The lowest BCUT2D eigenvalue weighted by molar-refractivity contribution is -0.190. The minimum absolute atomic E-state index is 0.0466. The van der Waals surface area contributed by atoms with E-state index in [-0.39, 0.29) is 25.1 Å². The molecule has 132 valence electrons. The van der Waals surface area contributed by atoms with Crippen molar-refractivity contribution < 1.29 is 27.9 Å². The normalized spacial score (nSPS) is 19.2. The summed E-state index contributed by atoms with van der Waals surface area (Å²) in [7, 11) is 1.10. The molecule has 1 aliphatic rings. The summed E-state index contributed by atoms with van der Waals surface area (Å²) in [5.41, 5.74) is -0.0466. The lowest BCUT2D eigenvalue weighted by atomic mass is 10.0. The minimum atomic E-state index is -4.64. The second kappa shape index (κ2) is 7.00. The van der Waals surface area contributed by atoms with E-state index in [1.165, 1.54) is 24.3 Å². The number of benzene rings is 1. The Hall–Kier alpha value is -1.77. The highest BCUT2D eigenvalue weighted by molar-refractivity contribution is 9.10. The predicted octanol–water partition coefficient (Wildman–Crippen LogP) is 3.51. The van der Waals surface area contributed by atoms with Gasteiger partial charge in [-0.15, -0.1) is 0 Å². The number of alkyl halides is 3. The average Bonchev–Trinajstić information content (AvgIpc) is 2.97. The third-order valence-corrected chi connectivity index (χ3v) is 4.57. The first kappa shape index (κ1) is 18.6. The van der Waals surface area contributed by atoms with Crippen LogP contribution in [0.25, 0.3) is 0 Å². The van der Waals surface area contributed by atoms with E-state index in [0.717, 1.165) is 11.9 Å². The molecule has 24 heavy (non-hydrogen) atoms. The van der Waals surface area contributed by atoms with E-state index in [4.69, 9.17) is 5.11 Å². The van der Waals surface area contributed by atoms with Gasteiger partial charge in [0.2, 0.25) is 5.91 Å². The van der Waals surface area contributed by atoms with E-state index in [2.05, 4.69) is 15.9 Å². The van der Waals surface area contributed by atoms with E-state index in [0.29, 0.717) is 9.37 Å². The highest BCUT2D eigenvalue weighted by atomic mass is 79.9. The number of hydrogen-bond acceptors (Lipinski definition) is 2. The van der Waals surface area contributed by atoms with Crippen LogP contribution >= 0.6 is 15.9 Å². The van der Waals surface area contributed by atoms with Crippen LogP contribution in [-0.2, 0) is 4.79 Å². The summed E-state index contributed by atoms with van der Waals surface area (Å²) in [4.78, 5) is 25.0. The Kier molecular flexibility index (Phi) is 5.42. The van der Waals surface area contributed by atoms with Crippen molar-refractivity contribution >= 4 is 27.9 Å². The molecule has 2 atom stereocenters. The molecule has 1 fully saturated rings. The molecule has 1 unspecified atom stereocenters. The fourth-order valence-corrected chi connectivity index (χ4v) is 3.09. The fraction of sp³-hybridized carbons (Fsp3) is 0.467. The van der Waals surface area contributed by atoms with E-state index < -0.39 is 30.1 Å². The number of likely N-dealkylation sites (tertiary alicyclic amines) is 1. The van der Waals surface area contributed by atoms with Crippen LogP contribution in [0.4, 0.5) is 18.0 Å². The van der Waals surface area contributed by atoms with Gasteiger partial charge in [-0.05, 0) is 24.1 Å². The summed E-state index contributed by atoms with van der Waals surface area (Å²) in [5.74, 6) is -1.46. The van der Waals surface area contributed by atoms with Gasteiger partial charge in [-0.3, -0.25) is 4.79 Å². The summed E-state index contributed by atoms with van der Waals surface area (Å²) < 4.78 is 41.1. The Morgan fingerprint density at radius 3 is 2.38 bits per heavy atom. The van der Waals surface area contributed by atoms with Crippen LogP contribution in [0.2, 0.25) is 0 Å². The summed E-state index contributed by atoms with van der Waals surface area (Å²) >= 11 is 3.16. The molecular weight excluding hydrogens is 393 g/mol. The Labute approximate surface area is 145 Å². The SMILES string of the molecule is CN(C(=O)C1CCN(C(=O)O)C1)[C@@H](c1ccc(Br)cc1)C(F)(F)F. The van der Waals surface area contributed by atoms with E-state index in [9.17, 15) is 22.8 Å². The molecule has 0 saturated carbocycles. The number of rotatable bonds is 3. The third-order valence-electron chi connectivity index (χ3n) is 4.04. The van der Waals surface area contributed by atoms with Gasteiger partial charge >= 0.3 is 12.3 Å². The Balaban J connectivity index is 2.22. The number of halogens is 4. The first-order valence-corrected chi connectivity index (χ1v) is 7.97. The molecule has 0 spiro atoms. The standard InChI is InChI=1S/C15H16BrF3N2O3/c1-20(13(22)10-6-7-21(8-10)14(23)24)12(15(17,18)19)9-2-4-11(16)5-3-9/h2-5,10,12H,6-8H2,1H3,(H,23,24)/t10?,12-/m0/s1. The predicted molar refractivity (Wildman–Crippen MR) is 83.4 cm³/mol. The van der Waals surface area contributed by atoms with Gasteiger partial charge in [-0.1, -0.05) is 28.1 Å². The van der Waals surface area contributed by atoms with Crippen molar-refractivity contribution in [1.82, 2.24) is 9.80 Å².